The van der Waals surface area contributed by atoms with Gasteiger partial charge in [0, 0.05) is 10.0 Å². The smallest absolute Gasteiger partial charge is 0.177 e. The maximum absolute atomic E-state index is 12.2. The van der Waals surface area contributed by atoms with Crippen molar-refractivity contribution in [3.63, 3.8) is 0 Å². The van der Waals surface area contributed by atoms with Gasteiger partial charge in [-0.1, -0.05) is 47.3 Å². The number of carbonyl (C=O) groups is 1. The van der Waals surface area contributed by atoms with Crippen molar-refractivity contribution in [2.75, 3.05) is 5.75 Å². The van der Waals surface area contributed by atoms with Crippen molar-refractivity contribution < 1.29 is 13.2 Å². The highest BCUT2D eigenvalue weighted by molar-refractivity contribution is 9.10. The minimum atomic E-state index is -3.31. The minimum Gasteiger partial charge on any atom is -0.293 e. The SMILES string of the molecule is O=C(CS(=O)(=O)C1CCCCC1)c1cccc(Br)c1. The molecule has 1 aliphatic rings. The average molecular weight is 345 g/mol. The molecule has 0 atom stereocenters. The molecule has 0 heterocycles. The van der Waals surface area contributed by atoms with Gasteiger partial charge in [-0.15, -0.1) is 0 Å². The molecule has 0 unspecified atom stereocenters. The number of halogens is 1. The number of hydrogen-bond donors (Lipinski definition) is 0. The van der Waals surface area contributed by atoms with Gasteiger partial charge in [-0.3, -0.25) is 4.79 Å². The highest BCUT2D eigenvalue weighted by atomic mass is 79.9. The topological polar surface area (TPSA) is 51.2 Å². The number of ketones is 1. The Kier molecular flexibility index (Phi) is 4.79. The fourth-order valence-corrected chi connectivity index (χ4v) is 4.69. The second-order valence-electron chi connectivity index (χ2n) is 5.00. The maximum atomic E-state index is 12.2. The zero-order valence-electron chi connectivity index (χ0n) is 10.6. The van der Waals surface area contributed by atoms with Crippen molar-refractivity contribution in [3.8, 4) is 0 Å². The van der Waals surface area contributed by atoms with Gasteiger partial charge in [-0.05, 0) is 25.0 Å². The molecule has 1 aliphatic carbocycles. The molecule has 0 aromatic heterocycles. The van der Waals surface area contributed by atoms with E-state index in [9.17, 15) is 13.2 Å². The molecule has 1 saturated carbocycles. The Morgan fingerprint density at radius 1 is 1.21 bits per heavy atom. The number of Topliss-reactive ketones (excluding diaryl/α,β-unsaturated/α-hetero) is 1. The van der Waals surface area contributed by atoms with E-state index >= 15 is 0 Å². The van der Waals surface area contributed by atoms with Crippen LogP contribution in [0.15, 0.2) is 28.7 Å². The Balaban J connectivity index is 2.09. The fourth-order valence-electron chi connectivity index (χ4n) is 2.47. The first-order valence-corrected chi connectivity index (χ1v) is 9.00. The van der Waals surface area contributed by atoms with E-state index in [0.29, 0.717) is 18.4 Å². The molecule has 0 bridgehead atoms. The molecule has 104 valence electrons. The molecule has 0 spiro atoms. The van der Waals surface area contributed by atoms with Crippen molar-refractivity contribution >= 4 is 31.6 Å². The lowest BCUT2D eigenvalue weighted by molar-refractivity contribution is 0.102. The summed E-state index contributed by atoms with van der Waals surface area (Å²) >= 11 is 3.29. The standard InChI is InChI=1S/C14H17BrO3S/c15-12-6-4-5-11(9-12)14(16)10-19(17,18)13-7-2-1-3-8-13/h4-6,9,13H,1-3,7-8,10H2. The van der Waals surface area contributed by atoms with Gasteiger partial charge in [0.2, 0.25) is 0 Å². The molecule has 0 amide bonds. The lowest BCUT2D eigenvalue weighted by atomic mass is 10.0. The predicted molar refractivity (Wildman–Crippen MR) is 79.1 cm³/mol. The molecule has 1 aromatic rings. The van der Waals surface area contributed by atoms with Gasteiger partial charge in [0.05, 0.1) is 5.25 Å². The van der Waals surface area contributed by atoms with Crippen molar-refractivity contribution in [3.05, 3.63) is 34.3 Å². The predicted octanol–water partition coefficient (Wildman–Crippen LogP) is 3.38. The first kappa shape index (κ1) is 14.7. The van der Waals surface area contributed by atoms with Crippen LogP contribution in [0.5, 0.6) is 0 Å². The van der Waals surface area contributed by atoms with E-state index < -0.39 is 9.84 Å². The van der Waals surface area contributed by atoms with Gasteiger partial charge in [0.25, 0.3) is 0 Å². The van der Waals surface area contributed by atoms with E-state index in [1.54, 1.807) is 18.2 Å². The third-order valence-corrected chi connectivity index (χ3v) is 6.18. The summed E-state index contributed by atoms with van der Waals surface area (Å²) in [7, 11) is -3.31. The van der Waals surface area contributed by atoms with Crippen LogP contribution in [0.4, 0.5) is 0 Å². The summed E-state index contributed by atoms with van der Waals surface area (Å²) in [4.78, 5) is 12.1. The quantitative estimate of drug-likeness (QED) is 0.786. The van der Waals surface area contributed by atoms with E-state index in [0.717, 1.165) is 23.7 Å². The first-order chi connectivity index (χ1) is 8.99. The number of rotatable bonds is 4. The van der Waals surface area contributed by atoms with Crippen LogP contribution in [-0.2, 0) is 9.84 Å². The highest BCUT2D eigenvalue weighted by Crippen LogP contribution is 2.25. The Hall–Kier alpha value is -0.680. The number of hydrogen-bond acceptors (Lipinski definition) is 3. The van der Waals surface area contributed by atoms with Crippen molar-refractivity contribution in [2.24, 2.45) is 0 Å². The summed E-state index contributed by atoms with van der Waals surface area (Å²) in [5, 5.41) is -0.322. The van der Waals surface area contributed by atoms with Crippen molar-refractivity contribution in [1.29, 1.82) is 0 Å². The summed E-state index contributed by atoms with van der Waals surface area (Å²) in [6.45, 7) is 0. The third-order valence-electron chi connectivity index (χ3n) is 3.54. The number of carbonyl (C=O) groups excluding carboxylic acids is 1. The van der Waals surface area contributed by atoms with Crippen LogP contribution in [0, 0.1) is 0 Å². The van der Waals surface area contributed by atoms with Gasteiger partial charge in [-0.2, -0.15) is 0 Å². The van der Waals surface area contributed by atoms with Gasteiger partial charge in [-0.25, -0.2) is 8.42 Å². The van der Waals surface area contributed by atoms with E-state index in [1.165, 1.54) is 0 Å². The highest BCUT2D eigenvalue weighted by Gasteiger charge is 2.29. The van der Waals surface area contributed by atoms with Gasteiger partial charge in [0.1, 0.15) is 5.75 Å². The summed E-state index contributed by atoms with van der Waals surface area (Å²) in [6.07, 6.45) is 4.41. The van der Waals surface area contributed by atoms with E-state index in [1.807, 2.05) is 6.07 Å². The summed E-state index contributed by atoms with van der Waals surface area (Å²) in [6, 6.07) is 6.87. The van der Waals surface area contributed by atoms with Gasteiger partial charge < -0.3 is 0 Å². The molecule has 3 nitrogen and oxygen atoms in total. The molecule has 2 rings (SSSR count). The fraction of sp³-hybridized carbons (Fsp3) is 0.500. The van der Waals surface area contributed by atoms with Crippen LogP contribution < -0.4 is 0 Å². The van der Waals surface area contributed by atoms with Crippen molar-refractivity contribution in [1.82, 2.24) is 0 Å². The minimum absolute atomic E-state index is 0.313. The summed E-state index contributed by atoms with van der Waals surface area (Å²) in [5.41, 5.74) is 0.453. The number of sulfone groups is 1. The number of benzene rings is 1. The van der Waals surface area contributed by atoms with E-state index in [2.05, 4.69) is 15.9 Å². The summed E-state index contributed by atoms with van der Waals surface area (Å²) in [5.74, 6) is -0.680. The lowest BCUT2D eigenvalue weighted by Gasteiger charge is -2.21. The first-order valence-electron chi connectivity index (χ1n) is 6.49. The van der Waals surface area contributed by atoms with Gasteiger partial charge in [0.15, 0.2) is 15.6 Å². The van der Waals surface area contributed by atoms with E-state index in [4.69, 9.17) is 0 Å². The third kappa shape index (κ3) is 3.89. The van der Waals surface area contributed by atoms with Crippen molar-refractivity contribution in [2.45, 2.75) is 37.4 Å². The van der Waals surface area contributed by atoms with Gasteiger partial charge >= 0.3 is 0 Å². The maximum Gasteiger partial charge on any atom is 0.177 e. The zero-order chi connectivity index (χ0) is 13.9. The lowest BCUT2D eigenvalue weighted by Crippen LogP contribution is -2.29. The molecule has 5 heteroatoms. The van der Waals surface area contributed by atoms with Crippen LogP contribution in [-0.4, -0.2) is 25.2 Å². The van der Waals surface area contributed by atoms with Crippen LogP contribution in [0.3, 0.4) is 0 Å². The molecule has 0 aliphatic heterocycles. The van der Waals surface area contributed by atoms with Crippen LogP contribution in [0.2, 0.25) is 0 Å². The molecule has 0 radical (unpaired) electrons. The second-order valence-corrected chi connectivity index (χ2v) is 8.20. The monoisotopic (exact) mass is 344 g/mol. The Morgan fingerprint density at radius 3 is 2.53 bits per heavy atom. The summed E-state index contributed by atoms with van der Waals surface area (Å²) < 4.78 is 25.2. The van der Waals surface area contributed by atoms with E-state index in [-0.39, 0.29) is 16.8 Å². The van der Waals surface area contributed by atoms with Crippen LogP contribution >= 0.6 is 15.9 Å². The van der Waals surface area contributed by atoms with Crippen LogP contribution in [0.1, 0.15) is 42.5 Å². The molecular weight excluding hydrogens is 328 g/mol. The average Bonchev–Trinajstić information content (AvgIpc) is 2.39. The molecular formula is C14H17BrO3S. The Morgan fingerprint density at radius 2 is 1.89 bits per heavy atom. The second kappa shape index (κ2) is 6.18. The van der Waals surface area contributed by atoms with Crippen LogP contribution in [0.25, 0.3) is 0 Å². The molecule has 1 aromatic carbocycles. The Labute approximate surface area is 122 Å². The largest absolute Gasteiger partial charge is 0.293 e. The zero-order valence-corrected chi connectivity index (χ0v) is 13.0. The normalized spacial score (nSPS) is 17.3. The molecule has 1 fully saturated rings. The molecule has 0 saturated heterocycles. The Bertz CT molecular complexity index is 560. The molecule has 19 heavy (non-hydrogen) atoms. The molecule has 0 N–H and O–H groups in total.